The van der Waals surface area contributed by atoms with E-state index in [1.807, 2.05) is 12.1 Å². The van der Waals surface area contributed by atoms with Gasteiger partial charge in [0.25, 0.3) is 0 Å². The molecule has 4 aliphatic rings. The molecule has 1 aliphatic carbocycles. The zero-order valence-corrected chi connectivity index (χ0v) is 25.2. The van der Waals surface area contributed by atoms with E-state index in [2.05, 4.69) is 40.5 Å². The fourth-order valence-electron chi connectivity index (χ4n) is 8.24. The minimum Gasteiger partial charge on any atom is -0.327 e. The molecule has 0 radical (unpaired) electrons. The second-order valence-corrected chi connectivity index (χ2v) is 15.3. The van der Waals surface area contributed by atoms with Gasteiger partial charge in [0, 0.05) is 43.5 Å². The van der Waals surface area contributed by atoms with Crippen LogP contribution in [0.15, 0.2) is 41.3 Å². The van der Waals surface area contributed by atoms with E-state index in [1.54, 1.807) is 12.1 Å². The molecule has 2 aromatic carbocycles. The monoisotopic (exact) mass is 560 g/mol. The fourth-order valence-corrected chi connectivity index (χ4v) is 8.87. The van der Waals surface area contributed by atoms with Crippen LogP contribution in [0, 0.1) is 12.8 Å². The van der Waals surface area contributed by atoms with Crippen LogP contribution < -0.4 is 0 Å². The minimum absolute atomic E-state index is 0.340. The molecular formula is C33H44N4O2S. The highest BCUT2D eigenvalue weighted by Crippen LogP contribution is 2.42. The lowest BCUT2D eigenvalue weighted by Crippen LogP contribution is -2.53. The number of fused-ring (bicyclic) bond motifs is 3. The van der Waals surface area contributed by atoms with Crippen LogP contribution in [0.2, 0.25) is 0 Å². The molecule has 1 saturated carbocycles. The molecule has 2 unspecified atom stereocenters. The van der Waals surface area contributed by atoms with Gasteiger partial charge in [-0.1, -0.05) is 12.5 Å². The maximum absolute atomic E-state index is 11.9. The highest BCUT2D eigenvalue weighted by Gasteiger charge is 2.43. The Hall–Kier alpha value is -2.22. The highest BCUT2D eigenvalue weighted by atomic mass is 32.2. The van der Waals surface area contributed by atoms with E-state index in [4.69, 9.17) is 4.98 Å². The lowest BCUT2D eigenvalue weighted by molar-refractivity contribution is 0.0297. The minimum atomic E-state index is -3.21. The van der Waals surface area contributed by atoms with Crippen molar-refractivity contribution >= 4 is 20.9 Å². The number of likely N-dealkylation sites (tertiary alicyclic amines) is 1. The van der Waals surface area contributed by atoms with E-state index < -0.39 is 9.84 Å². The molecule has 3 aliphatic heterocycles. The summed E-state index contributed by atoms with van der Waals surface area (Å²) in [5.74, 6) is 2.47. The van der Waals surface area contributed by atoms with Gasteiger partial charge in [0.15, 0.2) is 9.84 Å². The van der Waals surface area contributed by atoms with E-state index in [0.717, 1.165) is 46.5 Å². The SMILES string of the molecule is Cc1cc(C2CCN(C3CC4CCC(C3)N4CC3CCC3)CC2)cc2c1nc(-c1ccc(S(C)(=O)=O)cc1)n2C. The Morgan fingerprint density at radius 3 is 2.17 bits per heavy atom. The number of sulfone groups is 1. The summed E-state index contributed by atoms with van der Waals surface area (Å²) in [7, 11) is -1.14. The predicted octanol–water partition coefficient (Wildman–Crippen LogP) is 5.93. The number of aryl methyl sites for hydroxylation is 2. The Labute approximate surface area is 239 Å². The zero-order valence-electron chi connectivity index (χ0n) is 24.3. The molecule has 2 atom stereocenters. The summed E-state index contributed by atoms with van der Waals surface area (Å²) in [4.78, 5) is 11.1. The van der Waals surface area contributed by atoms with Crippen LogP contribution in [0.3, 0.4) is 0 Å². The Morgan fingerprint density at radius 1 is 0.900 bits per heavy atom. The van der Waals surface area contributed by atoms with E-state index >= 15 is 0 Å². The van der Waals surface area contributed by atoms with Crippen molar-refractivity contribution in [3.05, 3.63) is 47.5 Å². The number of piperidine rings is 2. The lowest BCUT2D eigenvalue weighted by Gasteiger charge is -2.47. The summed E-state index contributed by atoms with van der Waals surface area (Å²) in [5, 5.41) is 0. The van der Waals surface area contributed by atoms with Gasteiger partial charge in [-0.3, -0.25) is 4.90 Å². The highest BCUT2D eigenvalue weighted by molar-refractivity contribution is 7.90. The van der Waals surface area contributed by atoms with Crippen LogP contribution in [0.4, 0.5) is 0 Å². The van der Waals surface area contributed by atoms with Crippen molar-refractivity contribution < 1.29 is 8.42 Å². The van der Waals surface area contributed by atoms with Crippen LogP contribution in [0.25, 0.3) is 22.4 Å². The van der Waals surface area contributed by atoms with Crippen molar-refractivity contribution in [1.29, 1.82) is 0 Å². The third-order valence-electron chi connectivity index (χ3n) is 10.8. The topological polar surface area (TPSA) is 58.4 Å². The number of nitrogens with zero attached hydrogens (tertiary/aromatic N) is 4. The van der Waals surface area contributed by atoms with E-state index in [1.165, 1.54) is 94.8 Å². The Kier molecular flexibility index (Phi) is 6.83. The van der Waals surface area contributed by atoms with Gasteiger partial charge in [-0.25, -0.2) is 13.4 Å². The number of aromatic nitrogens is 2. The first-order valence-electron chi connectivity index (χ1n) is 15.5. The molecule has 0 spiro atoms. The number of imidazole rings is 1. The fraction of sp³-hybridized carbons (Fsp3) is 0.606. The Morgan fingerprint density at radius 2 is 1.57 bits per heavy atom. The van der Waals surface area contributed by atoms with E-state index in [0.29, 0.717) is 10.8 Å². The molecule has 6 nitrogen and oxygen atoms in total. The molecule has 4 fully saturated rings. The standard InChI is InChI=1S/C33H44N4O2S/c1-22-17-26(18-31-32(22)34-33(35(31)2)25-7-11-30(12-8-25)40(3,38)39)24-13-15-36(16-14-24)29-19-27-9-10-28(20-29)37(27)21-23-5-4-6-23/h7-8,11-12,17-18,23-24,27-29H,4-6,9-10,13-16,19-21H2,1-3H3. The van der Waals surface area contributed by atoms with Gasteiger partial charge in [0.05, 0.1) is 15.9 Å². The Balaban J connectivity index is 1.04. The molecule has 214 valence electrons. The van der Waals surface area contributed by atoms with Crippen LogP contribution in [-0.4, -0.2) is 71.8 Å². The first kappa shape index (κ1) is 26.7. The maximum atomic E-state index is 11.9. The predicted molar refractivity (Wildman–Crippen MR) is 161 cm³/mol. The molecule has 0 amide bonds. The maximum Gasteiger partial charge on any atom is 0.175 e. The van der Waals surface area contributed by atoms with Crippen molar-refractivity contribution in [1.82, 2.24) is 19.4 Å². The molecule has 3 aromatic rings. The largest absolute Gasteiger partial charge is 0.327 e. The summed E-state index contributed by atoms with van der Waals surface area (Å²) in [5.41, 5.74) is 5.81. The van der Waals surface area contributed by atoms with Crippen molar-refractivity contribution in [2.75, 3.05) is 25.9 Å². The molecule has 3 saturated heterocycles. The number of hydrogen-bond donors (Lipinski definition) is 0. The van der Waals surface area contributed by atoms with Gasteiger partial charge in [0.1, 0.15) is 5.82 Å². The van der Waals surface area contributed by atoms with Crippen LogP contribution in [0.5, 0.6) is 0 Å². The Bertz CT molecular complexity index is 1490. The average Bonchev–Trinajstić information content (AvgIpc) is 3.37. The molecule has 7 heteroatoms. The van der Waals surface area contributed by atoms with Crippen molar-refractivity contribution in [2.24, 2.45) is 13.0 Å². The second-order valence-electron chi connectivity index (χ2n) is 13.3. The quantitative estimate of drug-likeness (QED) is 0.374. The van der Waals surface area contributed by atoms with E-state index in [9.17, 15) is 8.42 Å². The molecule has 4 heterocycles. The summed E-state index contributed by atoms with van der Waals surface area (Å²) < 4.78 is 26.0. The van der Waals surface area contributed by atoms with Crippen molar-refractivity contribution in [3.63, 3.8) is 0 Å². The molecule has 1 aromatic heterocycles. The summed E-state index contributed by atoms with van der Waals surface area (Å²) in [6.07, 6.45) is 13.8. The summed E-state index contributed by atoms with van der Waals surface area (Å²) >= 11 is 0. The lowest BCUT2D eigenvalue weighted by atomic mass is 9.83. The van der Waals surface area contributed by atoms with Gasteiger partial charge >= 0.3 is 0 Å². The van der Waals surface area contributed by atoms with Crippen LogP contribution >= 0.6 is 0 Å². The second kappa shape index (κ2) is 10.2. The van der Waals surface area contributed by atoms with E-state index in [-0.39, 0.29) is 0 Å². The van der Waals surface area contributed by atoms with Gasteiger partial charge < -0.3 is 9.47 Å². The molecular weight excluding hydrogens is 516 g/mol. The van der Waals surface area contributed by atoms with Gasteiger partial charge in [0.2, 0.25) is 0 Å². The average molecular weight is 561 g/mol. The molecule has 0 N–H and O–H groups in total. The van der Waals surface area contributed by atoms with Crippen LogP contribution in [0.1, 0.15) is 74.8 Å². The summed E-state index contributed by atoms with van der Waals surface area (Å²) in [6, 6.07) is 14.3. The zero-order chi connectivity index (χ0) is 27.6. The molecule has 40 heavy (non-hydrogen) atoms. The third-order valence-corrected chi connectivity index (χ3v) is 11.9. The first-order chi connectivity index (χ1) is 19.2. The normalized spacial score (nSPS) is 26.9. The molecule has 2 bridgehead atoms. The van der Waals surface area contributed by atoms with Crippen LogP contribution in [-0.2, 0) is 16.9 Å². The number of benzene rings is 2. The van der Waals surface area contributed by atoms with Crippen molar-refractivity contribution in [2.45, 2.75) is 93.7 Å². The van der Waals surface area contributed by atoms with Gasteiger partial charge in [-0.05, 0) is 125 Å². The number of rotatable bonds is 6. The molecule has 7 rings (SSSR count). The third kappa shape index (κ3) is 4.82. The van der Waals surface area contributed by atoms with Gasteiger partial charge in [-0.2, -0.15) is 0 Å². The summed E-state index contributed by atoms with van der Waals surface area (Å²) in [6.45, 7) is 6.00. The number of hydrogen-bond acceptors (Lipinski definition) is 5. The first-order valence-corrected chi connectivity index (χ1v) is 17.4. The van der Waals surface area contributed by atoms with Crippen molar-refractivity contribution in [3.8, 4) is 11.4 Å². The van der Waals surface area contributed by atoms with Gasteiger partial charge in [-0.15, -0.1) is 0 Å². The smallest absolute Gasteiger partial charge is 0.175 e.